The lowest BCUT2D eigenvalue weighted by Crippen LogP contribution is -2.44. The van der Waals surface area contributed by atoms with E-state index >= 15 is 0 Å². The third kappa shape index (κ3) is 2.68. The fraction of sp³-hybridized carbons (Fsp3) is 0.417. The zero-order chi connectivity index (χ0) is 14.9. The van der Waals surface area contributed by atoms with Crippen LogP contribution in [-0.4, -0.2) is 38.3 Å². The molecule has 1 aromatic rings. The Kier molecular flexibility index (Phi) is 4.36. The Balaban J connectivity index is 2.41. The minimum atomic E-state index is -3.72. The van der Waals surface area contributed by atoms with Gasteiger partial charge in [0.15, 0.2) is 0 Å². The van der Waals surface area contributed by atoms with Gasteiger partial charge in [0, 0.05) is 23.8 Å². The molecule has 1 fully saturated rings. The molecule has 1 saturated heterocycles. The molecule has 1 heterocycles. The van der Waals surface area contributed by atoms with Gasteiger partial charge >= 0.3 is 0 Å². The van der Waals surface area contributed by atoms with E-state index in [1.165, 1.54) is 29.6 Å². The summed E-state index contributed by atoms with van der Waals surface area (Å²) in [5, 5.41) is 2.51. The molecule has 1 unspecified atom stereocenters. The third-order valence-corrected chi connectivity index (χ3v) is 6.18. The molecule has 110 valence electrons. The van der Waals surface area contributed by atoms with Crippen LogP contribution in [0.25, 0.3) is 0 Å². The van der Waals surface area contributed by atoms with Crippen LogP contribution < -0.4 is 11.1 Å². The lowest BCUT2D eigenvalue weighted by atomic mass is 10.2. The average molecular weight is 362 g/mol. The molecule has 8 heteroatoms. The van der Waals surface area contributed by atoms with Gasteiger partial charge in [-0.2, -0.15) is 4.31 Å². The van der Waals surface area contributed by atoms with E-state index in [0.717, 1.165) is 0 Å². The van der Waals surface area contributed by atoms with E-state index in [-0.39, 0.29) is 10.8 Å². The third-order valence-electron chi connectivity index (χ3n) is 3.30. The fourth-order valence-electron chi connectivity index (χ4n) is 2.31. The molecular weight excluding hydrogens is 346 g/mol. The predicted molar refractivity (Wildman–Crippen MR) is 79.5 cm³/mol. The molecule has 0 radical (unpaired) electrons. The lowest BCUT2D eigenvalue weighted by Gasteiger charge is -2.23. The Morgan fingerprint density at radius 2 is 2.20 bits per heavy atom. The smallest absolute Gasteiger partial charge is 0.244 e. The average Bonchev–Trinajstić information content (AvgIpc) is 2.87. The summed E-state index contributed by atoms with van der Waals surface area (Å²) in [6.45, 7) is 0.344. The number of nitrogens with zero attached hydrogens (tertiary/aromatic N) is 1. The van der Waals surface area contributed by atoms with Crippen LogP contribution in [0.2, 0.25) is 0 Å². The van der Waals surface area contributed by atoms with Crippen molar-refractivity contribution in [3.8, 4) is 0 Å². The number of carbonyl (C=O) groups is 1. The van der Waals surface area contributed by atoms with Crippen molar-refractivity contribution in [1.82, 2.24) is 9.62 Å². The molecule has 0 aromatic heterocycles. The first-order valence-corrected chi connectivity index (χ1v) is 8.39. The van der Waals surface area contributed by atoms with Crippen LogP contribution in [-0.2, 0) is 14.8 Å². The monoisotopic (exact) mass is 361 g/mol. The van der Waals surface area contributed by atoms with Gasteiger partial charge in [-0.15, -0.1) is 0 Å². The predicted octanol–water partition coefficient (Wildman–Crippen LogP) is 0.930. The van der Waals surface area contributed by atoms with E-state index in [0.29, 0.717) is 29.5 Å². The van der Waals surface area contributed by atoms with E-state index in [4.69, 9.17) is 5.73 Å². The molecule has 20 heavy (non-hydrogen) atoms. The Hall–Kier alpha value is -1.12. The number of benzene rings is 1. The number of halogens is 1. The second kappa shape index (κ2) is 5.71. The number of hydrogen-bond acceptors (Lipinski definition) is 4. The van der Waals surface area contributed by atoms with Gasteiger partial charge in [0.1, 0.15) is 6.04 Å². The maximum atomic E-state index is 12.7. The lowest BCUT2D eigenvalue weighted by molar-refractivity contribution is -0.123. The first-order chi connectivity index (χ1) is 9.37. The largest absolute Gasteiger partial charge is 0.399 e. The van der Waals surface area contributed by atoms with E-state index < -0.39 is 16.1 Å². The molecular formula is C12H16BrN3O3S. The summed E-state index contributed by atoms with van der Waals surface area (Å²) >= 11 is 3.22. The zero-order valence-corrected chi connectivity index (χ0v) is 13.4. The molecule has 1 aliphatic rings. The van der Waals surface area contributed by atoms with Crippen LogP contribution in [0, 0.1) is 0 Å². The number of amides is 1. The van der Waals surface area contributed by atoms with Crippen molar-refractivity contribution in [1.29, 1.82) is 0 Å². The van der Waals surface area contributed by atoms with Crippen LogP contribution in [0.3, 0.4) is 0 Å². The van der Waals surface area contributed by atoms with Crippen molar-refractivity contribution in [2.24, 2.45) is 0 Å². The van der Waals surface area contributed by atoms with Gasteiger partial charge in [0.25, 0.3) is 0 Å². The molecule has 1 amide bonds. The van der Waals surface area contributed by atoms with Crippen LogP contribution in [0.5, 0.6) is 0 Å². The highest BCUT2D eigenvalue weighted by atomic mass is 79.9. The molecule has 0 spiro atoms. The summed E-state index contributed by atoms with van der Waals surface area (Å²) in [6, 6.07) is 3.88. The maximum absolute atomic E-state index is 12.7. The number of nitrogen functional groups attached to an aromatic ring is 1. The van der Waals surface area contributed by atoms with Crippen molar-refractivity contribution in [2.45, 2.75) is 23.8 Å². The second-order valence-electron chi connectivity index (χ2n) is 4.58. The number of anilines is 1. The molecule has 0 bridgehead atoms. The van der Waals surface area contributed by atoms with E-state index in [1.54, 1.807) is 0 Å². The van der Waals surface area contributed by atoms with Gasteiger partial charge < -0.3 is 11.1 Å². The number of hydrogen-bond donors (Lipinski definition) is 2. The minimum Gasteiger partial charge on any atom is -0.399 e. The normalized spacial score (nSPS) is 20.0. The molecule has 1 aliphatic heterocycles. The highest BCUT2D eigenvalue weighted by Crippen LogP contribution is 2.31. The molecule has 0 saturated carbocycles. The van der Waals surface area contributed by atoms with Gasteiger partial charge in [0.05, 0.1) is 4.90 Å². The SMILES string of the molecule is CNC(=O)C1CCCN1S(=O)(=O)c1ccc(N)cc1Br. The van der Waals surface area contributed by atoms with Gasteiger partial charge in [-0.3, -0.25) is 4.79 Å². The van der Waals surface area contributed by atoms with Crippen molar-refractivity contribution in [2.75, 3.05) is 19.3 Å². The van der Waals surface area contributed by atoms with E-state index in [1.807, 2.05) is 0 Å². The van der Waals surface area contributed by atoms with Gasteiger partial charge in [-0.05, 0) is 47.0 Å². The first kappa shape index (κ1) is 15.3. The van der Waals surface area contributed by atoms with Crippen LogP contribution >= 0.6 is 15.9 Å². The topological polar surface area (TPSA) is 92.5 Å². The molecule has 3 N–H and O–H groups in total. The highest BCUT2D eigenvalue weighted by Gasteiger charge is 2.39. The molecule has 2 rings (SSSR count). The van der Waals surface area contributed by atoms with Crippen molar-refractivity contribution >= 4 is 37.5 Å². The summed E-state index contributed by atoms with van der Waals surface area (Å²) in [6.07, 6.45) is 1.20. The Bertz CT molecular complexity index is 633. The quantitative estimate of drug-likeness (QED) is 0.783. The van der Waals surface area contributed by atoms with Crippen molar-refractivity contribution < 1.29 is 13.2 Å². The number of nitrogens with two attached hydrogens (primary N) is 1. The summed E-state index contributed by atoms with van der Waals surface area (Å²) in [5.41, 5.74) is 6.09. The summed E-state index contributed by atoms with van der Waals surface area (Å²) in [5.74, 6) is -0.280. The van der Waals surface area contributed by atoms with Crippen molar-refractivity contribution in [3.63, 3.8) is 0 Å². The second-order valence-corrected chi connectivity index (χ2v) is 7.29. The molecule has 6 nitrogen and oxygen atoms in total. The first-order valence-electron chi connectivity index (χ1n) is 6.16. The van der Waals surface area contributed by atoms with Gasteiger partial charge in [0.2, 0.25) is 15.9 Å². The van der Waals surface area contributed by atoms with Gasteiger partial charge in [-0.1, -0.05) is 0 Å². The van der Waals surface area contributed by atoms with Crippen LogP contribution in [0.1, 0.15) is 12.8 Å². The number of likely N-dealkylation sites (N-methyl/N-ethyl adjacent to an activating group) is 1. The Labute approximate surface area is 126 Å². The number of nitrogens with one attached hydrogen (secondary N) is 1. The minimum absolute atomic E-state index is 0.127. The number of carbonyl (C=O) groups excluding carboxylic acids is 1. The highest BCUT2D eigenvalue weighted by molar-refractivity contribution is 9.10. The standard InChI is InChI=1S/C12H16BrN3O3S/c1-15-12(17)10-3-2-6-16(10)20(18,19)11-5-4-8(14)7-9(11)13/h4-5,7,10H,2-3,6,14H2,1H3,(H,15,17). The summed E-state index contributed by atoms with van der Waals surface area (Å²) in [4.78, 5) is 11.9. The van der Waals surface area contributed by atoms with Gasteiger partial charge in [-0.25, -0.2) is 8.42 Å². The van der Waals surface area contributed by atoms with E-state index in [2.05, 4.69) is 21.2 Å². The fourth-order valence-corrected chi connectivity index (χ4v) is 5.02. The Morgan fingerprint density at radius 1 is 1.50 bits per heavy atom. The summed E-state index contributed by atoms with van der Waals surface area (Å²) in [7, 11) is -2.22. The maximum Gasteiger partial charge on any atom is 0.244 e. The number of sulfonamides is 1. The Morgan fingerprint density at radius 3 is 2.80 bits per heavy atom. The van der Waals surface area contributed by atoms with Crippen molar-refractivity contribution in [3.05, 3.63) is 22.7 Å². The summed E-state index contributed by atoms with van der Waals surface area (Å²) < 4.78 is 27.0. The molecule has 0 aliphatic carbocycles. The van der Waals surface area contributed by atoms with Crippen LogP contribution in [0.15, 0.2) is 27.6 Å². The molecule has 1 atom stereocenters. The molecule has 1 aromatic carbocycles. The number of rotatable bonds is 3. The van der Waals surface area contributed by atoms with E-state index in [9.17, 15) is 13.2 Å². The van der Waals surface area contributed by atoms with Crippen LogP contribution in [0.4, 0.5) is 5.69 Å². The zero-order valence-electron chi connectivity index (χ0n) is 11.0.